The zero-order valence-electron chi connectivity index (χ0n) is 13.9. The van der Waals surface area contributed by atoms with E-state index in [9.17, 15) is 19.5 Å². The highest BCUT2D eigenvalue weighted by atomic mass is 35.5. The van der Waals surface area contributed by atoms with Crippen molar-refractivity contribution in [2.45, 2.75) is 24.9 Å². The van der Waals surface area contributed by atoms with E-state index in [-0.39, 0.29) is 18.8 Å². The summed E-state index contributed by atoms with van der Waals surface area (Å²) < 4.78 is 0. The van der Waals surface area contributed by atoms with Gasteiger partial charge in [-0.2, -0.15) is 11.8 Å². The Labute approximate surface area is 157 Å². The Kier molecular flexibility index (Phi) is 10.9. The summed E-state index contributed by atoms with van der Waals surface area (Å²) in [6, 6.07) is 6.78. The number of benzene rings is 1. The van der Waals surface area contributed by atoms with Gasteiger partial charge in [0.15, 0.2) is 0 Å². The number of carboxylic acids is 1. The van der Waals surface area contributed by atoms with E-state index in [4.69, 9.17) is 11.5 Å². The quantitative estimate of drug-likeness (QED) is 0.457. The molecule has 0 saturated carbocycles. The first-order valence-corrected chi connectivity index (χ1v) is 8.87. The van der Waals surface area contributed by atoms with Crippen molar-refractivity contribution in [1.82, 2.24) is 5.32 Å². The highest BCUT2D eigenvalue weighted by molar-refractivity contribution is 7.98. The van der Waals surface area contributed by atoms with Crippen LogP contribution in [0.3, 0.4) is 0 Å². The SMILES string of the molecule is CSCC[C@H](NC(=O)[C@@H](N)C(Cc1ccccc1)C(=O)O)C(N)=O.Cl. The van der Waals surface area contributed by atoms with Gasteiger partial charge >= 0.3 is 5.97 Å². The number of aliphatic carboxylic acids is 1. The molecule has 6 N–H and O–H groups in total. The van der Waals surface area contributed by atoms with Gasteiger partial charge in [0.25, 0.3) is 0 Å². The van der Waals surface area contributed by atoms with Gasteiger partial charge in [0.2, 0.25) is 11.8 Å². The summed E-state index contributed by atoms with van der Waals surface area (Å²) in [6.07, 6.45) is 2.36. The Balaban J connectivity index is 0.00000576. The number of hydrogen-bond donors (Lipinski definition) is 4. The van der Waals surface area contributed by atoms with Crippen LogP contribution >= 0.6 is 24.2 Å². The van der Waals surface area contributed by atoms with Crippen LogP contribution < -0.4 is 16.8 Å². The van der Waals surface area contributed by atoms with E-state index in [0.717, 1.165) is 5.56 Å². The number of thioether (sulfide) groups is 1. The second kappa shape index (κ2) is 11.7. The van der Waals surface area contributed by atoms with Crippen molar-refractivity contribution in [3.8, 4) is 0 Å². The molecule has 25 heavy (non-hydrogen) atoms. The van der Waals surface area contributed by atoms with Crippen LogP contribution in [0.15, 0.2) is 30.3 Å². The minimum atomic E-state index is -1.28. The maximum Gasteiger partial charge on any atom is 0.308 e. The van der Waals surface area contributed by atoms with Crippen LogP contribution in [0.1, 0.15) is 12.0 Å². The number of amides is 2. The first-order chi connectivity index (χ1) is 11.4. The van der Waals surface area contributed by atoms with Gasteiger partial charge in [0.1, 0.15) is 6.04 Å². The molecule has 3 atom stereocenters. The fourth-order valence-corrected chi connectivity index (χ4v) is 2.68. The highest BCUT2D eigenvalue weighted by Gasteiger charge is 2.32. The maximum atomic E-state index is 12.2. The third kappa shape index (κ3) is 7.76. The molecule has 0 aliphatic rings. The predicted octanol–water partition coefficient (Wildman–Crippen LogP) is 0.402. The van der Waals surface area contributed by atoms with Gasteiger partial charge in [-0.05, 0) is 30.4 Å². The van der Waals surface area contributed by atoms with E-state index in [2.05, 4.69) is 5.32 Å². The molecule has 0 aromatic heterocycles. The van der Waals surface area contributed by atoms with Crippen LogP contribution in [0.5, 0.6) is 0 Å². The summed E-state index contributed by atoms with van der Waals surface area (Å²) in [7, 11) is 0. The third-order valence-corrected chi connectivity index (χ3v) is 4.27. The van der Waals surface area contributed by atoms with Crippen molar-refractivity contribution >= 4 is 42.0 Å². The minimum absolute atomic E-state index is 0. The monoisotopic (exact) mass is 389 g/mol. The van der Waals surface area contributed by atoms with E-state index >= 15 is 0 Å². The lowest BCUT2D eigenvalue weighted by Crippen LogP contribution is -2.54. The van der Waals surface area contributed by atoms with E-state index in [0.29, 0.717) is 12.2 Å². The lowest BCUT2D eigenvalue weighted by atomic mass is 9.92. The standard InChI is InChI=1S/C16H23N3O4S.ClH/c1-24-8-7-12(14(18)20)19-15(21)13(17)11(16(22)23)9-10-5-3-2-4-6-10;/h2-6,11-13H,7-9,17H2,1H3,(H2,18,20)(H,19,21)(H,22,23);1H/t11?,12-,13-;/m0./s1. The molecule has 1 aromatic carbocycles. The van der Waals surface area contributed by atoms with Crippen molar-refractivity contribution in [1.29, 1.82) is 0 Å². The summed E-state index contributed by atoms with van der Waals surface area (Å²) in [5.74, 6) is -2.99. The van der Waals surface area contributed by atoms with Gasteiger partial charge in [-0.3, -0.25) is 14.4 Å². The van der Waals surface area contributed by atoms with Gasteiger partial charge in [-0.15, -0.1) is 12.4 Å². The smallest absolute Gasteiger partial charge is 0.308 e. The molecule has 0 radical (unpaired) electrons. The molecule has 1 aromatic rings. The maximum absolute atomic E-state index is 12.2. The van der Waals surface area contributed by atoms with E-state index in [1.165, 1.54) is 11.8 Å². The summed E-state index contributed by atoms with van der Waals surface area (Å²) >= 11 is 1.51. The van der Waals surface area contributed by atoms with Crippen molar-refractivity contribution in [3.05, 3.63) is 35.9 Å². The second-order valence-electron chi connectivity index (χ2n) is 5.41. The summed E-state index contributed by atoms with van der Waals surface area (Å²) in [5.41, 5.74) is 11.9. The molecule has 0 spiro atoms. The lowest BCUT2D eigenvalue weighted by molar-refractivity contribution is -0.145. The molecule has 0 bridgehead atoms. The second-order valence-corrected chi connectivity index (χ2v) is 6.39. The van der Waals surface area contributed by atoms with Crippen LogP contribution in [0, 0.1) is 5.92 Å². The van der Waals surface area contributed by atoms with Gasteiger partial charge < -0.3 is 21.9 Å². The number of carbonyl (C=O) groups excluding carboxylic acids is 2. The first kappa shape index (κ1) is 23.2. The van der Waals surface area contributed by atoms with Gasteiger partial charge in [0.05, 0.1) is 12.0 Å². The molecule has 9 heteroatoms. The number of carboxylic acid groups (broad SMARTS) is 1. The molecule has 2 amide bonds. The Morgan fingerprint density at radius 3 is 2.32 bits per heavy atom. The highest BCUT2D eigenvalue weighted by Crippen LogP contribution is 2.13. The molecule has 0 fully saturated rings. The lowest BCUT2D eigenvalue weighted by Gasteiger charge is -2.22. The number of halogens is 1. The summed E-state index contributed by atoms with van der Waals surface area (Å²) in [6.45, 7) is 0. The van der Waals surface area contributed by atoms with Crippen molar-refractivity contribution in [3.63, 3.8) is 0 Å². The largest absolute Gasteiger partial charge is 0.481 e. The summed E-state index contributed by atoms with van der Waals surface area (Å²) in [5, 5.41) is 11.8. The molecule has 0 heterocycles. The van der Waals surface area contributed by atoms with Crippen LogP contribution in [0.2, 0.25) is 0 Å². The zero-order chi connectivity index (χ0) is 18.1. The van der Waals surface area contributed by atoms with E-state index in [1.807, 2.05) is 12.3 Å². The average Bonchev–Trinajstić information content (AvgIpc) is 2.56. The molecule has 1 rings (SSSR count). The number of nitrogens with one attached hydrogen (secondary N) is 1. The number of rotatable bonds is 10. The molecule has 140 valence electrons. The van der Waals surface area contributed by atoms with Gasteiger partial charge in [0, 0.05) is 0 Å². The molecule has 7 nitrogen and oxygen atoms in total. The van der Waals surface area contributed by atoms with Crippen molar-refractivity contribution in [2.75, 3.05) is 12.0 Å². The number of nitrogens with two attached hydrogens (primary N) is 2. The Morgan fingerprint density at radius 2 is 1.84 bits per heavy atom. The fraction of sp³-hybridized carbons (Fsp3) is 0.438. The molecular weight excluding hydrogens is 366 g/mol. The van der Waals surface area contributed by atoms with Crippen molar-refractivity contribution in [2.24, 2.45) is 17.4 Å². The van der Waals surface area contributed by atoms with Gasteiger partial charge in [-0.1, -0.05) is 30.3 Å². The van der Waals surface area contributed by atoms with Gasteiger partial charge in [-0.25, -0.2) is 0 Å². The molecule has 1 unspecified atom stereocenters. The average molecular weight is 390 g/mol. The zero-order valence-corrected chi connectivity index (χ0v) is 15.5. The van der Waals surface area contributed by atoms with Crippen molar-refractivity contribution < 1.29 is 19.5 Å². The molecule has 0 aliphatic heterocycles. The summed E-state index contributed by atoms with van der Waals surface area (Å²) in [4.78, 5) is 35.1. The Hall–Kier alpha value is -1.77. The Morgan fingerprint density at radius 1 is 1.24 bits per heavy atom. The minimum Gasteiger partial charge on any atom is -0.481 e. The fourth-order valence-electron chi connectivity index (χ4n) is 2.21. The number of hydrogen-bond acceptors (Lipinski definition) is 5. The van der Waals surface area contributed by atoms with Crippen LogP contribution in [0.4, 0.5) is 0 Å². The first-order valence-electron chi connectivity index (χ1n) is 7.47. The number of primary amides is 1. The predicted molar refractivity (Wildman–Crippen MR) is 101 cm³/mol. The molecular formula is C16H24ClN3O4S. The van der Waals surface area contributed by atoms with Crippen LogP contribution in [-0.4, -0.2) is 47.0 Å². The normalized spacial score (nSPS) is 13.8. The number of carbonyl (C=O) groups is 3. The van der Waals surface area contributed by atoms with Crippen LogP contribution in [-0.2, 0) is 20.8 Å². The van der Waals surface area contributed by atoms with E-state index < -0.39 is 35.8 Å². The van der Waals surface area contributed by atoms with E-state index in [1.54, 1.807) is 24.3 Å². The topological polar surface area (TPSA) is 136 Å². The third-order valence-electron chi connectivity index (χ3n) is 3.62. The molecule has 0 aliphatic carbocycles. The van der Waals surface area contributed by atoms with Crippen LogP contribution in [0.25, 0.3) is 0 Å². The molecule has 0 saturated heterocycles. The Bertz CT molecular complexity index is 574.